The second-order valence-corrected chi connectivity index (χ2v) is 8.29. The second kappa shape index (κ2) is 9.51. The van der Waals surface area contributed by atoms with Gasteiger partial charge in [0.25, 0.3) is 5.91 Å². The van der Waals surface area contributed by atoms with Gasteiger partial charge in [-0.1, -0.05) is 36.4 Å². The Kier molecular flexibility index (Phi) is 6.22. The van der Waals surface area contributed by atoms with Crippen LogP contribution in [0.3, 0.4) is 0 Å². The first-order chi connectivity index (χ1) is 17.9. The van der Waals surface area contributed by atoms with Crippen molar-refractivity contribution in [3.05, 3.63) is 101 Å². The molecule has 0 spiro atoms. The number of hydrogen-bond acceptors (Lipinski definition) is 6. The van der Waals surface area contributed by atoms with Crippen molar-refractivity contribution < 1.29 is 18.7 Å². The number of nitrogens with zero attached hydrogens (tertiary/aromatic N) is 6. The maximum Gasteiger partial charge on any atom is 0.259 e. The molecule has 1 amide bonds. The van der Waals surface area contributed by atoms with Crippen molar-refractivity contribution in [3.63, 3.8) is 0 Å². The molecule has 37 heavy (non-hydrogen) atoms. The molecule has 9 nitrogen and oxygen atoms in total. The fourth-order valence-electron chi connectivity index (χ4n) is 4.30. The molecule has 5 aromatic rings. The van der Waals surface area contributed by atoms with Gasteiger partial charge < -0.3 is 9.67 Å². The van der Waals surface area contributed by atoms with Gasteiger partial charge in [0.1, 0.15) is 18.0 Å². The molecule has 0 fully saturated rings. The summed E-state index contributed by atoms with van der Waals surface area (Å²) in [5, 5.41) is 18.9. The van der Waals surface area contributed by atoms with Crippen molar-refractivity contribution in [1.82, 2.24) is 29.3 Å². The molecular formula is C26H23F2N7O2. The molecule has 188 valence electrons. The lowest BCUT2D eigenvalue weighted by Crippen LogP contribution is -2.34. The first-order valence-electron chi connectivity index (χ1n) is 11.7. The molecule has 0 radical (unpaired) electrons. The van der Waals surface area contributed by atoms with Crippen LogP contribution in [0.25, 0.3) is 11.2 Å². The molecule has 3 aromatic heterocycles. The molecule has 0 saturated carbocycles. The Morgan fingerprint density at radius 1 is 1.00 bits per heavy atom. The number of halogens is 2. The van der Waals surface area contributed by atoms with Crippen LogP contribution >= 0.6 is 0 Å². The first-order valence-corrected chi connectivity index (χ1v) is 11.7. The van der Waals surface area contributed by atoms with E-state index < -0.39 is 23.1 Å². The number of amides is 1. The molecular weight excluding hydrogens is 480 g/mol. The van der Waals surface area contributed by atoms with Crippen LogP contribution in [0.15, 0.2) is 67.1 Å². The predicted octanol–water partition coefficient (Wildman–Crippen LogP) is 3.88. The van der Waals surface area contributed by atoms with Gasteiger partial charge in [0.2, 0.25) is 5.95 Å². The van der Waals surface area contributed by atoms with E-state index >= 15 is 8.78 Å². The van der Waals surface area contributed by atoms with Crippen LogP contribution in [0.2, 0.25) is 0 Å². The third-order valence-electron chi connectivity index (χ3n) is 6.12. The number of pyridine rings is 1. The van der Waals surface area contributed by atoms with Gasteiger partial charge in [-0.05, 0) is 32.0 Å². The smallest absolute Gasteiger partial charge is 0.259 e. The van der Waals surface area contributed by atoms with Gasteiger partial charge in [-0.3, -0.25) is 14.8 Å². The first kappa shape index (κ1) is 24.2. The number of fused-ring (bicyclic) bond motifs is 1. The summed E-state index contributed by atoms with van der Waals surface area (Å²) in [4.78, 5) is 25.7. The Morgan fingerprint density at radius 3 is 2.22 bits per heavy atom. The molecule has 2 aromatic carbocycles. The highest BCUT2D eigenvalue weighted by molar-refractivity contribution is 6.04. The molecule has 0 aliphatic rings. The lowest BCUT2D eigenvalue weighted by atomic mass is 9.84. The Bertz CT molecular complexity index is 1570. The van der Waals surface area contributed by atoms with E-state index in [2.05, 4.69) is 25.4 Å². The zero-order valence-electron chi connectivity index (χ0n) is 20.1. The average molecular weight is 504 g/mol. The molecule has 0 aliphatic carbocycles. The Labute approximate surface area is 210 Å². The van der Waals surface area contributed by atoms with E-state index in [0.29, 0.717) is 12.1 Å². The zero-order chi connectivity index (χ0) is 26.2. The van der Waals surface area contributed by atoms with E-state index in [-0.39, 0.29) is 40.7 Å². The Hall–Kier alpha value is -4.51. The van der Waals surface area contributed by atoms with Crippen LogP contribution in [-0.2, 0) is 18.7 Å². The maximum absolute atomic E-state index is 15.1. The van der Waals surface area contributed by atoms with Crippen LogP contribution < -0.4 is 5.32 Å². The van der Waals surface area contributed by atoms with Crippen LogP contribution in [0.4, 0.5) is 14.7 Å². The third-order valence-corrected chi connectivity index (χ3v) is 6.12. The van der Waals surface area contributed by atoms with Crippen LogP contribution in [0.1, 0.15) is 41.2 Å². The topological polar surface area (TPSA) is 111 Å². The molecule has 3 heterocycles. The van der Waals surface area contributed by atoms with Crippen molar-refractivity contribution in [3.8, 4) is 0 Å². The number of aryl methyl sites for hydroxylation is 2. The second-order valence-electron chi connectivity index (χ2n) is 8.29. The summed E-state index contributed by atoms with van der Waals surface area (Å²) >= 11 is 0. The minimum absolute atomic E-state index is 0.0337. The normalized spacial score (nSPS) is 11.7. The molecule has 0 unspecified atom stereocenters. The fourth-order valence-corrected chi connectivity index (χ4v) is 4.30. The fraction of sp³-hybridized carbons (Fsp3) is 0.192. The molecule has 0 aliphatic heterocycles. The van der Waals surface area contributed by atoms with E-state index in [1.165, 1.54) is 48.9 Å². The number of imidazole rings is 1. The van der Waals surface area contributed by atoms with E-state index in [4.69, 9.17) is 0 Å². The van der Waals surface area contributed by atoms with E-state index in [1.54, 1.807) is 34.4 Å². The van der Waals surface area contributed by atoms with Crippen LogP contribution in [-0.4, -0.2) is 40.3 Å². The summed E-state index contributed by atoms with van der Waals surface area (Å²) in [5.74, 6) is -1.84. The number of hydrogen-bond donors (Lipinski definition) is 2. The van der Waals surface area contributed by atoms with Gasteiger partial charge in [-0.15, -0.1) is 5.10 Å². The van der Waals surface area contributed by atoms with Crippen molar-refractivity contribution in [2.45, 2.75) is 32.5 Å². The molecule has 2 N–H and O–H groups in total. The molecule has 11 heteroatoms. The number of aliphatic hydroxyl groups is 1. The van der Waals surface area contributed by atoms with E-state index in [1.807, 2.05) is 6.92 Å². The summed E-state index contributed by atoms with van der Waals surface area (Å²) in [6.45, 7) is 4.56. The van der Waals surface area contributed by atoms with Gasteiger partial charge >= 0.3 is 0 Å². The summed E-state index contributed by atoms with van der Waals surface area (Å²) in [5.41, 5.74) is -1.81. The van der Waals surface area contributed by atoms with E-state index in [0.717, 1.165) is 0 Å². The lowest BCUT2D eigenvalue weighted by Gasteiger charge is -2.30. The predicted molar refractivity (Wildman–Crippen MR) is 132 cm³/mol. The summed E-state index contributed by atoms with van der Waals surface area (Å²) in [6, 6.07) is 12.8. The van der Waals surface area contributed by atoms with Crippen molar-refractivity contribution >= 4 is 23.0 Å². The maximum atomic E-state index is 15.1. The Morgan fingerprint density at radius 2 is 1.65 bits per heavy atom. The molecule has 0 atom stereocenters. The van der Waals surface area contributed by atoms with Crippen molar-refractivity contribution in [2.24, 2.45) is 0 Å². The number of carbonyl (C=O) groups excluding carboxylic acids is 1. The average Bonchev–Trinajstić information content (AvgIpc) is 3.52. The number of anilines is 1. The van der Waals surface area contributed by atoms with Gasteiger partial charge in [0.15, 0.2) is 17.1 Å². The number of carbonyl (C=O) groups is 1. The molecule has 0 saturated heterocycles. The quantitative estimate of drug-likeness (QED) is 0.349. The highest BCUT2D eigenvalue weighted by Gasteiger charge is 2.43. The van der Waals surface area contributed by atoms with Gasteiger partial charge in [0, 0.05) is 30.4 Å². The highest BCUT2D eigenvalue weighted by Crippen LogP contribution is 2.39. The standard InChI is InChI=1S/C26H23F2N7O2/c1-3-34-15-30-25(33-34)32-23(36)16-13-21-22(29-14-16)31-24(35(21)4-2)26(37,17-9-5-7-11-19(17)27)18-10-6-8-12-20(18)28/h5-15,37H,3-4H2,1-2H3,(H,32,33,36). The Balaban J connectivity index is 1.66. The van der Waals surface area contributed by atoms with Crippen molar-refractivity contribution in [2.75, 3.05) is 5.32 Å². The third kappa shape index (κ3) is 4.12. The van der Waals surface area contributed by atoms with E-state index in [9.17, 15) is 9.90 Å². The minimum atomic E-state index is -2.28. The zero-order valence-corrected chi connectivity index (χ0v) is 20.1. The van der Waals surface area contributed by atoms with Gasteiger partial charge in [0.05, 0.1) is 11.1 Å². The number of nitrogens with one attached hydrogen (secondary N) is 1. The van der Waals surface area contributed by atoms with Crippen molar-refractivity contribution in [1.29, 1.82) is 0 Å². The summed E-state index contributed by atoms with van der Waals surface area (Å²) in [7, 11) is 0. The monoisotopic (exact) mass is 503 g/mol. The summed E-state index contributed by atoms with van der Waals surface area (Å²) in [6.07, 6.45) is 2.83. The SMILES string of the molecule is CCn1cnc(NC(=O)c2cnc3nc(C(O)(c4ccccc4F)c4ccccc4F)n(CC)c3c2)n1. The number of rotatable bonds is 7. The lowest BCUT2D eigenvalue weighted by molar-refractivity contribution is 0.102. The molecule has 5 rings (SSSR count). The molecule has 0 bridgehead atoms. The van der Waals surface area contributed by atoms with Crippen LogP contribution in [0.5, 0.6) is 0 Å². The largest absolute Gasteiger partial charge is 0.373 e. The summed E-state index contributed by atoms with van der Waals surface area (Å²) < 4.78 is 33.3. The van der Waals surface area contributed by atoms with Gasteiger partial charge in [-0.2, -0.15) is 0 Å². The minimum Gasteiger partial charge on any atom is -0.373 e. The highest BCUT2D eigenvalue weighted by atomic mass is 19.1. The van der Waals surface area contributed by atoms with Gasteiger partial charge in [-0.25, -0.2) is 23.7 Å². The van der Waals surface area contributed by atoms with Crippen LogP contribution in [0, 0.1) is 11.6 Å². The number of aromatic nitrogens is 6. The number of benzene rings is 2.